The van der Waals surface area contributed by atoms with Crippen LogP contribution in [0.4, 0.5) is 17.6 Å². The third-order valence-electron chi connectivity index (χ3n) is 7.99. The van der Waals surface area contributed by atoms with Crippen molar-refractivity contribution >= 4 is 56.7 Å². The Hall–Kier alpha value is -4.04. The first-order chi connectivity index (χ1) is 21.4. The highest BCUT2D eigenvalue weighted by Gasteiger charge is 2.24. The maximum atomic E-state index is 13.3. The Labute approximate surface area is 264 Å². The molecular weight excluding hydrogens is 593 g/mol. The molecule has 5 aromatic rings. The van der Waals surface area contributed by atoms with Gasteiger partial charge in [0.1, 0.15) is 0 Å². The highest BCUT2D eigenvalue weighted by Crippen LogP contribution is 2.36. The van der Waals surface area contributed by atoms with Gasteiger partial charge < -0.3 is 20.9 Å². The molecule has 3 aromatic heterocycles. The van der Waals surface area contributed by atoms with Crippen LogP contribution >= 0.6 is 23.1 Å². The van der Waals surface area contributed by atoms with Gasteiger partial charge in [-0.3, -0.25) is 9.69 Å². The zero-order valence-electron chi connectivity index (χ0n) is 24.7. The van der Waals surface area contributed by atoms with Crippen molar-refractivity contribution in [3.63, 3.8) is 0 Å². The minimum Gasteiger partial charge on any atom is -0.368 e. The van der Waals surface area contributed by atoms with Gasteiger partial charge in [-0.25, -0.2) is 0 Å². The number of thioether (sulfide) groups is 1. The molecule has 1 saturated heterocycles. The number of nitrogens with zero attached hydrogens (tertiary/aromatic N) is 8. The molecule has 1 fully saturated rings. The molecule has 0 radical (unpaired) electrons. The van der Waals surface area contributed by atoms with Crippen LogP contribution in [0.15, 0.2) is 59.5 Å². The Morgan fingerprint density at radius 1 is 1.05 bits per heavy atom. The molecule has 0 unspecified atom stereocenters. The first-order valence-corrected chi connectivity index (χ1v) is 16.5. The van der Waals surface area contributed by atoms with E-state index in [1.165, 1.54) is 20.9 Å². The molecule has 0 bridgehead atoms. The number of nitrogens with two attached hydrogens (primary N) is 1. The highest BCUT2D eigenvalue weighted by atomic mass is 32.2. The van der Waals surface area contributed by atoms with Crippen LogP contribution in [0, 0.1) is 0 Å². The van der Waals surface area contributed by atoms with Crippen molar-refractivity contribution in [2.24, 2.45) is 0 Å². The number of nitrogens with one attached hydrogen (secondary N) is 1. The fraction of sp³-hybridized carbons (Fsp3) is 0.323. The number of benzene rings is 2. The van der Waals surface area contributed by atoms with E-state index in [9.17, 15) is 4.79 Å². The fourth-order valence-corrected chi connectivity index (χ4v) is 7.62. The summed E-state index contributed by atoms with van der Waals surface area (Å²) in [7, 11) is 4.18. The molecule has 0 spiro atoms. The number of piperazine rings is 1. The van der Waals surface area contributed by atoms with Crippen LogP contribution in [-0.2, 0) is 6.42 Å². The van der Waals surface area contributed by atoms with Gasteiger partial charge >= 0.3 is 0 Å². The van der Waals surface area contributed by atoms with E-state index in [4.69, 9.17) is 5.73 Å². The number of thiophene rings is 1. The van der Waals surface area contributed by atoms with Gasteiger partial charge in [0.15, 0.2) is 5.82 Å². The molecule has 0 aliphatic carbocycles. The topological polar surface area (TPSA) is 121 Å². The molecule has 0 saturated carbocycles. The molecule has 44 heavy (non-hydrogen) atoms. The number of carbonyl (C=O) groups excluding carboxylic acids is 1. The Balaban J connectivity index is 1.05. The number of hydrogen-bond acceptors (Lipinski definition) is 11. The van der Waals surface area contributed by atoms with E-state index in [1.54, 1.807) is 0 Å². The summed E-state index contributed by atoms with van der Waals surface area (Å²) in [5, 5.41) is 17.9. The standard InChI is InChI=1S/C31H34N10OS2/c1-38(2)10-11-39-12-14-40(15-13-39)29(42)26-18-21-17-22(7-8-24(21)44-26)33-31-34-30(32)41(37-31)27-19-20-9-16-43-25-6-4-3-5-23(25)28(20)36-35-27/h3-8,17-19H,9-16H2,1-2H3,(H3,32,33,34,37). The minimum atomic E-state index is 0.102. The molecule has 1 amide bonds. The lowest BCUT2D eigenvalue weighted by Gasteiger charge is -2.35. The molecule has 5 heterocycles. The van der Waals surface area contributed by atoms with Crippen LogP contribution in [0.25, 0.3) is 27.2 Å². The lowest BCUT2D eigenvalue weighted by molar-refractivity contribution is 0.0634. The van der Waals surface area contributed by atoms with Crippen LogP contribution in [0.3, 0.4) is 0 Å². The smallest absolute Gasteiger partial charge is 0.264 e. The molecule has 13 heteroatoms. The number of nitrogen functional groups attached to an aromatic ring is 1. The SMILES string of the molecule is CN(C)CCN1CCN(C(=O)c2cc3cc(Nc4nc(N)n(-c5cc6c(nn5)-c5ccccc5SCC6)n4)ccc3s2)CC1. The number of aryl methyl sites for hydroxylation is 1. The Kier molecular flexibility index (Phi) is 7.93. The molecule has 2 aromatic carbocycles. The molecule has 226 valence electrons. The van der Waals surface area contributed by atoms with Crippen LogP contribution in [0.1, 0.15) is 15.2 Å². The van der Waals surface area contributed by atoms with Gasteiger partial charge in [0, 0.05) is 65.9 Å². The predicted molar refractivity (Wildman–Crippen MR) is 177 cm³/mol. The van der Waals surface area contributed by atoms with Crippen LogP contribution in [0.2, 0.25) is 0 Å². The van der Waals surface area contributed by atoms with E-state index in [0.29, 0.717) is 11.8 Å². The third kappa shape index (κ3) is 5.87. The normalized spacial score (nSPS) is 15.3. The summed E-state index contributed by atoms with van der Waals surface area (Å²) in [6.07, 6.45) is 0.870. The Morgan fingerprint density at radius 3 is 2.73 bits per heavy atom. The number of hydrogen-bond donors (Lipinski definition) is 2. The maximum Gasteiger partial charge on any atom is 0.264 e. The van der Waals surface area contributed by atoms with Crippen molar-refractivity contribution in [1.29, 1.82) is 0 Å². The molecular formula is C31H34N10OS2. The number of aromatic nitrogens is 5. The van der Waals surface area contributed by atoms with E-state index < -0.39 is 0 Å². The van der Waals surface area contributed by atoms with Gasteiger partial charge in [-0.2, -0.15) is 9.67 Å². The summed E-state index contributed by atoms with van der Waals surface area (Å²) >= 11 is 3.36. The molecule has 11 nitrogen and oxygen atoms in total. The zero-order chi connectivity index (χ0) is 30.2. The van der Waals surface area contributed by atoms with Crippen LogP contribution in [0.5, 0.6) is 0 Å². The number of fused-ring (bicyclic) bond motifs is 4. The Bertz CT molecular complexity index is 1830. The molecule has 7 rings (SSSR count). The summed E-state index contributed by atoms with van der Waals surface area (Å²) in [4.78, 5) is 26.3. The number of likely N-dealkylation sites (N-methyl/N-ethyl adjacent to an activating group) is 1. The predicted octanol–water partition coefficient (Wildman–Crippen LogP) is 4.23. The summed E-state index contributed by atoms with van der Waals surface area (Å²) < 4.78 is 2.57. The summed E-state index contributed by atoms with van der Waals surface area (Å²) in [6.45, 7) is 5.38. The van der Waals surface area contributed by atoms with Gasteiger partial charge in [0.25, 0.3) is 5.91 Å². The van der Waals surface area contributed by atoms with E-state index in [1.807, 2.05) is 59.1 Å². The second-order valence-electron chi connectivity index (χ2n) is 11.3. The van der Waals surface area contributed by atoms with Gasteiger partial charge in [-0.05, 0) is 67.9 Å². The monoisotopic (exact) mass is 626 g/mol. The van der Waals surface area contributed by atoms with Crippen molar-refractivity contribution in [3.05, 3.63) is 65.0 Å². The molecule has 0 atom stereocenters. The summed E-state index contributed by atoms with van der Waals surface area (Å²) in [5.41, 5.74) is 10.2. The molecule has 2 aliphatic heterocycles. The summed E-state index contributed by atoms with van der Waals surface area (Å²) in [6, 6.07) is 18.3. The van der Waals surface area contributed by atoms with E-state index in [-0.39, 0.29) is 11.9 Å². The quantitative estimate of drug-likeness (QED) is 0.272. The number of anilines is 3. The van der Waals surface area contributed by atoms with Gasteiger partial charge in [0.2, 0.25) is 11.9 Å². The first kappa shape index (κ1) is 28.7. The third-order valence-corrected chi connectivity index (χ3v) is 10.2. The van der Waals surface area contributed by atoms with E-state index in [0.717, 1.165) is 88.9 Å². The number of amides is 1. The fourth-order valence-electron chi connectivity index (χ4n) is 5.57. The minimum absolute atomic E-state index is 0.102. The Morgan fingerprint density at radius 2 is 1.89 bits per heavy atom. The van der Waals surface area contributed by atoms with E-state index in [2.05, 4.69) is 61.6 Å². The van der Waals surface area contributed by atoms with Gasteiger partial charge in [-0.1, -0.05) is 18.2 Å². The zero-order valence-corrected chi connectivity index (χ0v) is 26.4. The number of carbonyl (C=O) groups is 1. The van der Waals surface area contributed by atoms with Crippen molar-refractivity contribution < 1.29 is 4.79 Å². The summed E-state index contributed by atoms with van der Waals surface area (Å²) in [5.74, 6) is 2.17. The van der Waals surface area contributed by atoms with Crippen LogP contribution < -0.4 is 11.1 Å². The van der Waals surface area contributed by atoms with Gasteiger partial charge in [-0.15, -0.1) is 38.4 Å². The average Bonchev–Trinajstić information content (AvgIpc) is 3.57. The van der Waals surface area contributed by atoms with Crippen molar-refractivity contribution in [2.45, 2.75) is 11.3 Å². The lowest BCUT2D eigenvalue weighted by atomic mass is 10.0. The number of rotatable bonds is 7. The van der Waals surface area contributed by atoms with Crippen LogP contribution in [-0.4, -0.2) is 105 Å². The average molecular weight is 627 g/mol. The lowest BCUT2D eigenvalue weighted by Crippen LogP contribution is -2.49. The molecule has 2 aliphatic rings. The van der Waals surface area contributed by atoms with Crippen molar-refractivity contribution in [1.82, 2.24) is 39.7 Å². The van der Waals surface area contributed by atoms with Crippen molar-refractivity contribution in [3.8, 4) is 17.1 Å². The second kappa shape index (κ2) is 12.2. The van der Waals surface area contributed by atoms with E-state index >= 15 is 0 Å². The largest absolute Gasteiger partial charge is 0.368 e. The first-order valence-electron chi connectivity index (χ1n) is 14.7. The highest BCUT2D eigenvalue weighted by molar-refractivity contribution is 7.99. The maximum absolute atomic E-state index is 13.3. The second-order valence-corrected chi connectivity index (χ2v) is 13.5. The van der Waals surface area contributed by atoms with Gasteiger partial charge in [0.05, 0.1) is 10.6 Å². The molecule has 3 N–H and O–H groups in total. The van der Waals surface area contributed by atoms with Crippen molar-refractivity contribution in [2.75, 3.05) is 70.2 Å².